The summed E-state index contributed by atoms with van der Waals surface area (Å²) in [5, 5.41) is 21.5. The van der Waals surface area contributed by atoms with Gasteiger partial charge in [-0.15, -0.1) is 0 Å². The quantitative estimate of drug-likeness (QED) is 0.699. The van der Waals surface area contributed by atoms with E-state index in [1.165, 1.54) is 6.07 Å². The molecule has 6 nitrogen and oxygen atoms in total. The van der Waals surface area contributed by atoms with Crippen LogP contribution < -0.4 is 15.6 Å². The average Bonchev–Trinajstić information content (AvgIpc) is 2.94. The van der Waals surface area contributed by atoms with Gasteiger partial charge in [0.05, 0.1) is 11.5 Å². The molecular weight excluding hydrogens is 283 g/mol. The number of benzene rings is 1. The zero-order chi connectivity index (χ0) is 15.5. The molecule has 1 aliphatic heterocycles. The molecule has 1 aliphatic rings. The number of ether oxygens (including phenoxy) is 1. The predicted molar refractivity (Wildman–Crippen MR) is 80.9 cm³/mol. The molecule has 0 saturated carbocycles. The highest BCUT2D eigenvalue weighted by Crippen LogP contribution is 2.26. The van der Waals surface area contributed by atoms with E-state index in [2.05, 4.69) is 10.3 Å². The van der Waals surface area contributed by atoms with Gasteiger partial charge < -0.3 is 20.1 Å². The van der Waals surface area contributed by atoms with Gasteiger partial charge in [0.2, 0.25) is 11.8 Å². The van der Waals surface area contributed by atoms with Crippen molar-refractivity contribution in [2.24, 2.45) is 0 Å². The highest BCUT2D eigenvalue weighted by atomic mass is 16.5. The Morgan fingerprint density at radius 1 is 1.23 bits per heavy atom. The number of nitrogens with zero attached hydrogens (tertiary/aromatic N) is 1. The van der Waals surface area contributed by atoms with Crippen LogP contribution in [0.25, 0.3) is 0 Å². The van der Waals surface area contributed by atoms with E-state index in [-0.39, 0.29) is 23.3 Å². The molecule has 0 bridgehead atoms. The van der Waals surface area contributed by atoms with Crippen molar-refractivity contribution < 1.29 is 19.6 Å². The van der Waals surface area contributed by atoms with Crippen molar-refractivity contribution in [1.82, 2.24) is 10.3 Å². The molecule has 1 atom stereocenters. The van der Waals surface area contributed by atoms with E-state index in [9.17, 15) is 14.8 Å². The van der Waals surface area contributed by atoms with Crippen molar-refractivity contribution in [1.29, 1.82) is 0 Å². The first kappa shape index (κ1) is 14.6. The van der Waals surface area contributed by atoms with Crippen LogP contribution in [0.15, 0.2) is 42.5 Å². The lowest BCUT2D eigenvalue weighted by Gasteiger charge is -2.12. The van der Waals surface area contributed by atoms with E-state index >= 15 is 0 Å². The third-order valence-electron chi connectivity index (χ3n) is 3.53. The van der Waals surface area contributed by atoms with E-state index < -0.39 is 7.12 Å². The first-order valence-electron chi connectivity index (χ1n) is 7.02. The molecule has 3 rings (SSSR count). The van der Waals surface area contributed by atoms with Crippen LogP contribution >= 0.6 is 0 Å². The highest BCUT2D eigenvalue weighted by Gasteiger charge is 2.28. The molecule has 1 amide bonds. The molecule has 0 unspecified atom stereocenters. The fourth-order valence-corrected chi connectivity index (χ4v) is 2.45. The smallest absolute Gasteiger partial charge is 0.439 e. The van der Waals surface area contributed by atoms with Gasteiger partial charge in [-0.05, 0) is 30.2 Å². The van der Waals surface area contributed by atoms with E-state index in [1.54, 1.807) is 18.2 Å². The maximum Gasteiger partial charge on any atom is 0.508 e. The lowest BCUT2D eigenvalue weighted by atomic mass is 9.83. The lowest BCUT2D eigenvalue weighted by molar-refractivity contribution is -0.120. The summed E-state index contributed by atoms with van der Waals surface area (Å²) < 4.78 is 5.64. The number of pyridine rings is 1. The fourth-order valence-electron chi connectivity index (χ4n) is 2.45. The molecule has 7 heteroatoms. The summed E-state index contributed by atoms with van der Waals surface area (Å²) in [6.45, 7) is 0.609. The van der Waals surface area contributed by atoms with Crippen molar-refractivity contribution in [3.63, 3.8) is 0 Å². The van der Waals surface area contributed by atoms with Crippen molar-refractivity contribution in [3.8, 4) is 11.6 Å². The van der Waals surface area contributed by atoms with Gasteiger partial charge in [-0.3, -0.25) is 4.79 Å². The third-order valence-corrected chi connectivity index (χ3v) is 3.53. The molecule has 3 N–H and O–H groups in total. The Balaban J connectivity index is 1.95. The monoisotopic (exact) mass is 298 g/mol. The molecule has 1 aromatic heterocycles. The molecule has 0 aliphatic carbocycles. The SMILES string of the molecule is O=C1NCC[C@H]1c1cc(Oc2ccccc2)nc(B(O)O)c1. The van der Waals surface area contributed by atoms with Crippen LogP contribution in [-0.4, -0.2) is 34.6 Å². The van der Waals surface area contributed by atoms with Crippen LogP contribution in [0.1, 0.15) is 17.9 Å². The van der Waals surface area contributed by atoms with E-state index in [0.717, 1.165) is 0 Å². The molecule has 0 spiro atoms. The summed E-state index contributed by atoms with van der Waals surface area (Å²) in [4.78, 5) is 15.9. The van der Waals surface area contributed by atoms with Gasteiger partial charge in [-0.25, -0.2) is 4.98 Å². The van der Waals surface area contributed by atoms with E-state index in [1.807, 2.05) is 18.2 Å². The first-order chi connectivity index (χ1) is 10.6. The second-order valence-corrected chi connectivity index (χ2v) is 5.08. The Bertz CT molecular complexity index is 678. The van der Waals surface area contributed by atoms with Gasteiger partial charge in [-0.2, -0.15) is 0 Å². The Labute approximate surface area is 127 Å². The van der Waals surface area contributed by atoms with Crippen molar-refractivity contribution in [2.45, 2.75) is 12.3 Å². The van der Waals surface area contributed by atoms with Crippen LogP contribution in [0.3, 0.4) is 0 Å². The van der Waals surface area contributed by atoms with Crippen LogP contribution in [0, 0.1) is 0 Å². The Morgan fingerprint density at radius 3 is 2.64 bits per heavy atom. The lowest BCUT2D eigenvalue weighted by Crippen LogP contribution is -2.33. The fraction of sp³-hybridized carbons (Fsp3) is 0.200. The number of nitrogens with one attached hydrogen (secondary N) is 1. The zero-order valence-corrected chi connectivity index (χ0v) is 11.8. The zero-order valence-electron chi connectivity index (χ0n) is 11.8. The van der Waals surface area contributed by atoms with Gasteiger partial charge in [0, 0.05) is 12.6 Å². The van der Waals surface area contributed by atoms with Crippen molar-refractivity contribution in [3.05, 3.63) is 48.0 Å². The highest BCUT2D eigenvalue weighted by molar-refractivity contribution is 6.57. The predicted octanol–water partition coefficient (Wildman–Crippen LogP) is 0.157. The summed E-state index contributed by atoms with van der Waals surface area (Å²) in [5.41, 5.74) is 0.724. The molecule has 22 heavy (non-hydrogen) atoms. The van der Waals surface area contributed by atoms with Crippen molar-refractivity contribution in [2.75, 3.05) is 6.54 Å². The van der Waals surface area contributed by atoms with Gasteiger partial charge in [0.25, 0.3) is 0 Å². The molecule has 2 heterocycles. The summed E-state index contributed by atoms with van der Waals surface area (Å²) >= 11 is 0. The number of aromatic nitrogens is 1. The van der Waals surface area contributed by atoms with Gasteiger partial charge >= 0.3 is 7.12 Å². The van der Waals surface area contributed by atoms with Gasteiger partial charge in [0.1, 0.15) is 5.75 Å². The van der Waals surface area contributed by atoms with Gasteiger partial charge in [-0.1, -0.05) is 18.2 Å². The summed E-state index contributed by atoms with van der Waals surface area (Å²) in [6.07, 6.45) is 0.661. The normalized spacial score (nSPS) is 17.2. The largest absolute Gasteiger partial charge is 0.508 e. The molecule has 0 radical (unpaired) electrons. The van der Waals surface area contributed by atoms with Crippen LogP contribution in [-0.2, 0) is 4.79 Å². The number of rotatable bonds is 4. The Kier molecular flexibility index (Phi) is 4.08. The third kappa shape index (κ3) is 3.10. The average molecular weight is 298 g/mol. The Hall–Kier alpha value is -2.38. The molecular formula is C15H15BN2O4. The molecule has 1 saturated heterocycles. The standard InChI is InChI=1S/C15H15BN2O4/c19-15-12(6-7-17-15)10-8-13(16(20)21)18-14(9-10)22-11-4-2-1-3-5-11/h1-5,8-9,12,20-21H,6-7H2,(H,17,19)/t12-/m0/s1. The minimum Gasteiger partial charge on any atom is -0.439 e. The van der Waals surface area contributed by atoms with Crippen LogP contribution in [0.2, 0.25) is 0 Å². The van der Waals surface area contributed by atoms with Crippen molar-refractivity contribution >= 4 is 18.6 Å². The second-order valence-electron chi connectivity index (χ2n) is 5.08. The maximum atomic E-state index is 11.8. The number of carbonyl (C=O) groups is 1. The summed E-state index contributed by atoms with van der Waals surface area (Å²) in [6, 6.07) is 12.2. The first-order valence-corrected chi connectivity index (χ1v) is 7.02. The second kappa shape index (κ2) is 6.17. The number of amides is 1. The van der Waals surface area contributed by atoms with E-state index in [4.69, 9.17) is 4.74 Å². The minimum absolute atomic E-state index is 0.0585. The molecule has 1 aromatic carbocycles. The number of carbonyl (C=O) groups excluding carboxylic acids is 1. The number of para-hydroxylation sites is 1. The molecule has 112 valence electrons. The van der Waals surface area contributed by atoms with Gasteiger partial charge in [0.15, 0.2) is 0 Å². The summed E-state index contributed by atoms with van der Waals surface area (Å²) in [7, 11) is -1.72. The summed E-state index contributed by atoms with van der Waals surface area (Å²) in [5.74, 6) is 0.418. The number of hydrogen-bond donors (Lipinski definition) is 3. The van der Waals surface area contributed by atoms with Crippen LogP contribution in [0.4, 0.5) is 0 Å². The molecule has 2 aromatic rings. The Morgan fingerprint density at radius 2 is 2.00 bits per heavy atom. The topological polar surface area (TPSA) is 91.7 Å². The van der Waals surface area contributed by atoms with Crippen LogP contribution in [0.5, 0.6) is 11.6 Å². The number of hydrogen-bond acceptors (Lipinski definition) is 5. The minimum atomic E-state index is -1.72. The maximum absolute atomic E-state index is 11.8. The molecule has 1 fully saturated rings. The van der Waals surface area contributed by atoms with E-state index in [0.29, 0.717) is 24.3 Å².